The van der Waals surface area contributed by atoms with E-state index in [-0.39, 0.29) is 0 Å². The molecule has 1 fully saturated rings. The summed E-state index contributed by atoms with van der Waals surface area (Å²) < 4.78 is 0. The van der Waals surface area contributed by atoms with Crippen molar-refractivity contribution in [1.82, 2.24) is 4.90 Å². The van der Waals surface area contributed by atoms with Gasteiger partial charge in [-0.1, -0.05) is 32.0 Å². The highest BCUT2D eigenvalue weighted by Gasteiger charge is 2.32. The van der Waals surface area contributed by atoms with Crippen molar-refractivity contribution in [3.05, 3.63) is 30.3 Å². The van der Waals surface area contributed by atoms with Crippen molar-refractivity contribution < 1.29 is 0 Å². The Morgan fingerprint density at radius 3 is 2.39 bits per heavy atom. The summed E-state index contributed by atoms with van der Waals surface area (Å²) >= 11 is 0. The number of rotatable bonds is 7. The summed E-state index contributed by atoms with van der Waals surface area (Å²) in [4.78, 5) is 2.68. The first-order valence-electron chi connectivity index (χ1n) is 7.21. The van der Waals surface area contributed by atoms with Gasteiger partial charge in [-0.3, -0.25) is 4.90 Å². The molecule has 0 bridgehead atoms. The Bertz CT molecular complexity index is 343. The summed E-state index contributed by atoms with van der Waals surface area (Å²) in [5.74, 6) is 0.754. The molecule has 1 aliphatic carbocycles. The van der Waals surface area contributed by atoms with Gasteiger partial charge in [-0.2, -0.15) is 0 Å². The van der Waals surface area contributed by atoms with E-state index in [1.54, 1.807) is 0 Å². The number of nitrogens with one attached hydrogen (secondary N) is 1. The molecule has 1 N–H and O–H groups in total. The van der Waals surface area contributed by atoms with E-state index in [2.05, 4.69) is 61.3 Å². The SMILES string of the molecule is CC(C)CN(C(C)CNc1ccccc1)C1CC1. The molecule has 0 heterocycles. The normalized spacial score (nSPS) is 17.2. The van der Waals surface area contributed by atoms with Crippen LogP contribution in [0.2, 0.25) is 0 Å². The van der Waals surface area contributed by atoms with E-state index in [4.69, 9.17) is 0 Å². The third-order valence-electron chi connectivity index (χ3n) is 3.53. The fourth-order valence-corrected chi connectivity index (χ4v) is 2.46. The lowest BCUT2D eigenvalue weighted by Gasteiger charge is -2.31. The standard InChI is InChI=1S/C16H26N2/c1-13(2)12-18(16-9-10-16)14(3)11-17-15-7-5-4-6-8-15/h4-8,13-14,16-17H,9-12H2,1-3H3. The van der Waals surface area contributed by atoms with Crippen LogP contribution in [0.25, 0.3) is 0 Å². The lowest BCUT2D eigenvalue weighted by atomic mass is 10.1. The van der Waals surface area contributed by atoms with E-state index in [9.17, 15) is 0 Å². The highest BCUT2D eigenvalue weighted by atomic mass is 15.2. The maximum absolute atomic E-state index is 3.54. The number of nitrogens with zero attached hydrogens (tertiary/aromatic N) is 1. The molecule has 1 aromatic rings. The van der Waals surface area contributed by atoms with Crippen LogP contribution in [0.15, 0.2) is 30.3 Å². The quantitative estimate of drug-likeness (QED) is 0.790. The summed E-state index contributed by atoms with van der Waals surface area (Å²) in [5, 5.41) is 3.54. The Labute approximate surface area is 111 Å². The van der Waals surface area contributed by atoms with Gasteiger partial charge in [-0.15, -0.1) is 0 Å². The predicted octanol–water partition coefficient (Wildman–Crippen LogP) is 3.61. The zero-order chi connectivity index (χ0) is 13.0. The van der Waals surface area contributed by atoms with E-state index in [1.165, 1.54) is 25.1 Å². The second kappa shape index (κ2) is 6.24. The van der Waals surface area contributed by atoms with Gasteiger partial charge >= 0.3 is 0 Å². The fraction of sp³-hybridized carbons (Fsp3) is 0.625. The molecule has 18 heavy (non-hydrogen) atoms. The van der Waals surface area contributed by atoms with E-state index in [0.29, 0.717) is 6.04 Å². The summed E-state index contributed by atoms with van der Waals surface area (Å²) in [6.07, 6.45) is 2.78. The van der Waals surface area contributed by atoms with Gasteiger partial charge in [0.25, 0.3) is 0 Å². The van der Waals surface area contributed by atoms with Crippen molar-refractivity contribution in [3.63, 3.8) is 0 Å². The van der Waals surface area contributed by atoms with Crippen LogP contribution in [-0.4, -0.2) is 30.1 Å². The molecule has 100 valence electrons. The largest absolute Gasteiger partial charge is 0.383 e. The number of hydrogen-bond acceptors (Lipinski definition) is 2. The third-order valence-corrected chi connectivity index (χ3v) is 3.53. The maximum Gasteiger partial charge on any atom is 0.0340 e. The summed E-state index contributed by atoms with van der Waals surface area (Å²) in [7, 11) is 0. The fourth-order valence-electron chi connectivity index (χ4n) is 2.46. The number of para-hydroxylation sites is 1. The smallest absolute Gasteiger partial charge is 0.0340 e. The van der Waals surface area contributed by atoms with Crippen molar-refractivity contribution in [2.45, 2.75) is 45.7 Å². The minimum atomic E-state index is 0.611. The molecule has 1 unspecified atom stereocenters. The molecule has 0 aliphatic heterocycles. The van der Waals surface area contributed by atoms with Crippen molar-refractivity contribution in [1.29, 1.82) is 0 Å². The maximum atomic E-state index is 3.54. The Morgan fingerprint density at radius 2 is 1.83 bits per heavy atom. The van der Waals surface area contributed by atoms with Gasteiger partial charge in [0.2, 0.25) is 0 Å². The number of benzene rings is 1. The number of hydrogen-bond donors (Lipinski definition) is 1. The van der Waals surface area contributed by atoms with Gasteiger partial charge in [0.1, 0.15) is 0 Å². The van der Waals surface area contributed by atoms with Crippen LogP contribution in [0.4, 0.5) is 5.69 Å². The minimum absolute atomic E-state index is 0.611. The molecule has 1 aromatic carbocycles. The summed E-state index contributed by atoms with van der Waals surface area (Å²) in [6.45, 7) is 9.23. The van der Waals surface area contributed by atoms with Crippen molar-refractivity contribution >= 4 is 5.69 Å². The first-order valence-corrected chi connectivity index (χ1v) is 7.21. The zero-order valence-electron chi connectivity index (χ0n) is 11.9. The van der Waals surface area contributed by atoms with Gasteiger partial charge < -0.3 is 5.32 Å². The average Bonchev–Trinajstić information content (AvgIpc) is 3.18. The minimum Gasteiger partial charge on any atom is -0.383 e. The lowest BCUT2D eigenvalue weighted by molar-refractivity contribution is 0.183. The van der Waals surface area contributed by atoms with Gasteiger partial charge in [-0.25, -0.2) is 0 Å². The van der Waals surface area contributed by atoms with E-state index in [1.807, 2.05) is 0 Å². The molecule has 0 aromatic heterocycles. The molecule has 1 saturated carbocycles. The summed E-state index contributed by atoms with van der Waals surface area (Å²) in [6, 6.07) is 12.0. The lowest BCUT2D eigenvalue weighted by Crippen LogP contribution is -2.41. The molecule has 1 aliphatic rings. The van der Waals surface area contributed by atoms with Gasteiger partial charge in [0, 0.05) is 30.9 Å². The van der Waals surface area contributed by atoms with Crippen LogP contribution in [0.3, 0.4) is 0 Å². The highest BCUT2D eigenvalue weighted by molar-refractivity contribution is 5.42. The van der Waals surface area contributed by atoms with Crippen LogP contribution in [0.1, 0.15) is 33.6 Å². The van der Waals surface area contributed by atoms with Gasteiger partial charge in [0.05, 0.1) is 0 Å². The molecule has 0 radical (unpaired) electrons. The monoisotopic (exact) mass is 246 g/mol. The van der Waals surface area contributed by atoms with Crippen molar-refractivity contribution in [3.8, 4) is 0 Å². The molecule has 2 nitrogen and oxygen atoms in total. The number of anilines is 1. The zero-order valence-corrected chi connectivity index (χ0v) is 11.9. The average molecular weight is 246 g/mol. The van der Waals surface area contributed by atoms with E-state index < -0.39 is 0 Å². The van der Waals surface area contributed by atoms with Crippen LogP contribution in [0.5, 0.6) is 0 Å². The van der Waals surface area contributed by atoms with Crippen LogP contribution in [-0.2, 0) is 0 Å². The van der Waals surface area contributed by atoms with E-state index in [0.717, 1.165) is 18.5 Å². The molecule has 2 rings (SSSR count). The second-order valence-corrected chi connectivity index (χ2v) is 5.92. The van der Waals surface area contributed by atoms with Gasteiger partial charge in [0.15, 0.2) is 0 Å². The third kappa shape index (κ3) is 4.02. The van der Waals surface area contributed by atoms with Crippen molar-refractivity contribution in [2.24, 2.45) is 5.92 Å². The highest BCUT2D eigenvalue weighted by Crippen LogP contribution is 2.29. The summed E-state index contributed by atoms with van der Waals surface area (Å²) in [5.41, 5.74) is 1.23. The molecular weight excluding hydrogens is 220 g/mol. The van der Waals surface area contributed by atoms with Gasteiger partial charge in [-0.05, 0) is 37.8 Å². The van der Waals surface area contributed by atoms with Crippen LogP contribution < -0.4 is 5.32 Å². The Balaban J connectivity index is 1.83. The van der Waals surface area contributed by atoms with E-state index >= 15 is 0 Å². The predicted molar refractivity (Wildman–Crippen MR) is 79.0 cm³/mol. The second-order valence-electron chi connectivity index (χ2n) is 5.92. The Kier molecular flexibility index (Phi) is 4.65. The van der Waals surface area contributed by atoms with Crippen molar-refractivity contribution in [2.75, 3.05) is 18.4 Å². The Hall–Kier alpha value is -1.02. The van der Waals surface area contributed by atoms with Crippen LogP contribution >= 0.6 is 0 Å². The molecular formula is C16H26N2. The topological polar surface area (TPSA) is 15.3 Å². The molecule has 0 amide bonds. The molecule has 1 atom stereocenters. The molecule has 2 heteroatoms. The molecule has 0 saturated heterocycles. The van der Waals surface area contributed by atoms with Crippen LogP contribution in [0, 0.1) is 5.92 Å². The molecule has 0 spiro atoms. The first-order chi connectivity index (χ1) is 8.66. The Morgan fingerprint density at radius 1 is 1.17 bits per heavy atom. The first kappa shape index (κ1) is 13.4.